The van der Waals surface area contributed by atoms with Crippen LogP contribution in [0.4, 0.5) is 10.3 Å². The van der Waals surface area contributed by atoms with E-state index in [-0.39, 0.29) is 17.2 Å². The van der Waals surface area contributed by atoms with Crippen molar-refractivity contribution in [2.24, 2.45) is 0 Å². The summed E-state index contributed by atoms with van der Waals surface area (Å²) in [6, 6.07) is 4.73. The molecule has 3 N–H and O–H groups in total. The first-order valence-electron chi connectivity index (χ1n) is 9.65. The van der Waals surface area contributed by atoms with Crippen molar-refractivity contribution in [2.45, 2.75) is 57.4 Å². The Labute approximate surface area is 178 Å². The molecule has 1 aliphatic heterocycles. The molecule has 1 aromatic carbocycles. The lowest BCUT2D eigenvalue weighted by Gasteiger charge is -2.48. The van der Waals surface area contributed by atoms with E-state index in [9.17, 15) is 9.50 Å². The van der Waals surface area contributed by atoms with Gasteiger partial charge in [-0.2, -0.15) is 4.37 Å². The van der Waals surface area contributed by atoms with Gasteiger partial charge in [0.2, 0.25) is 5.95 Å². The Morgan fingerprint density at radius 1 is 1.20 bits per heavy atom. The van der Waals surface area contributed by atoms with E-state index >= 15 is 0 Å². The quantitative estimate of drug-likeness (QED) is 0.579. The largest absolute Gasteiger partial charge is 0.507 e. The van der Waals surface area contributed by atoms with Gasteiger partial charge in [0.15, 0.2) is 0 Å². The third kappa shape index (κ3) is 4.10. The highest BCUT2D eigenvalue weighted by Gasteiger charge is 2.46. The van der Waals surface area contributed by atoms with Crippen molar-refractivity contribution in [2.75, 3.05) is 5.32 Å². The maximum absolute atomic E-state index is 15.0. The predicted molar refractivity (Wildman–Crippen MR) is 114 cm³/mol. The van der Waals surface area contributed by atoms with E-state index in [0.29, 0.717) is 22.7 Å². The van der Waals surface area contributed by atoms with Gasteiger partial charge in [-0.15, -0.1) is 10.2 Å². The molecule has 8 nitrogen and oxygen atoms in total. The molecule has 0 saturated carbocycles. The van der Waals surface area contributed by atoms with Gasteiger partial charge in [-0.25, -0.2) is 14.4 Å². The second-order valence-corrected chi connectivity index (χ2v) is 9.51. The minimum atomic E-state index is -1.12. The number of benzene rings is 1. The van der Waals surface area contributed by atoms with Crippen molar-refractivity contribution < 1.29 is 9.50 Å². The summed E-state index contributed by atoms with van der Waals surface area (Å²) in [5.41, 5.74) is 0.792. The van der Waals surface area contributed by atoms with Crippen molar-refractivity contribution >= 4 is 17.5 Å². The molecule has 1 fully saturated rings. The van der Waals surface area contributed by atoms with Crippen molar-refractivity contribution in [1.82, 2.24) is 29.9 Å². The summed E-state index contributed by atoms with van der Waals surface area (Å²) >= 11 is 1.25. The molecule has 3 aromatic rings. The Morgan fingerprint density at radius 3 is 2.63 bits per heavy atom. The molecule has 0 spiro atoms. The highest BCUT2D eigenvalue weighted by molar-refractivity contribution is 7.09. The number of alkyl halides is 1. The monoisotopic (exact) mass is 429 g/mol. The topological polar surface area (TPSA) is 109 Å². The number of hydrogen-bond donors (Lipinski definition) is 3. The third-order valence-corrected chi connectivity index (χ3v) is 5.91. The smallest absolute Gasteiger partial charge is 0.243 e. The van der Waals surface area contributed by atoms with E-state index < -0.39 is 17.8 Å². The fourth-order valence-corrected chi connectivity index (χ4v) is 4.61. The van der Waals surface area contributed by atoms with Gasteiger partial charge in [0, 0.05) is 22.2 Å². The van der Waals surface area contributed by atoms with Gasteiger partial charge in [0.25, 0.3) is 0 Å². The minimum absolute atomic E-state index is 0.0465. The highest BCUT2D eigenvalue weighted by Crippen LogP contribution is 2.34. The zero-order valence-electron chi connectivity index (χ0n) is 17.2. The molecule has 2 aromatic heterocycles. The van der Waals surface area contributed by atoms with Gasteiger partial charge in [-0.05, 0) is 57.8 Å². The molecule has 3 heterocycles. The van der Waals surface area contributed by atoms with Crippen LogP contribution in [0.2, 0.25) is 0 Å². The van der Waals surface area contributed by atoms with E-state index in [2.05, 4.69) is 35.2 Å². The molecular formula is C20H24FN7OS. The number of piperidine rings is 1. The Hall–Kier alpha value is -2.72. The molecule has 0 radical (unpaired) electrons. The number of aromatic nitrogens is 5. The summed E-state index contributed by atoms with van der Waals surface area (Å²) in [5, 5.41) is 25.8. The molecule has 1 saturated heterocycles. The summed E-state index contributed by atoms with van der Waals surface area (Å²) in [6.45, 7) is 7.80. The van der Waals surface area contributed by atoms with Gasteiger partial charge < -0.3 is 15.7 Å². The van der Waals surface area contributed by atoms with Crippen LogP contribution in [0.1, 0.15) is 34.1 Å². The van der Waals surface area contributed by atoms with Crippen LogP contribution in [0.15, 0.2) is 30.7 Å². The number of rotatable bonds is 4. The number of nitrogens with zero attached hydrogens (tertiary/aromatic N) is 5. The van der Waals surface area contributed by atoms with Gasteiger partial charge in [0.05, 0.1) is 12.2 Å². The van der Waals surface area contributed by atoms with E-state index in [4.69, 9.17) is 0 Å². The molecule has 30 heavy (non-hydrogen) atoms. The second-order valence-electron chi connectivity index (χ2n) is 8.73. The van der Waals surface area contributed by atoms with E-state index in [0.717, 1.165) is 5.56 Å². The highest BCUT2D eigenvalue weighted by atomic mass is 32.1. The molecule has 158 valence electrons. The normalized spacial score (nSPS) is 22.6. The van der Waals surface area contributed by atoms with Gasteiger partial charge in [-0.1, -0.05) is 6.07 Å². The predicted octanol–water partition coefficient (Wildman–Crippen LogP) is 3.43. The fourth-order valence-electron chi connectivity index (χ4n) is 4.08. The average molecular weight is 430 g/mol. The van der Waals surface area contributed by atoms with Crippen molar-refractivity contribution in [3.63, 3.8) is 0 Å². The molecule has 0 bridgehead atoms. The number of phenolic OH excluding ortho intramolecular Hbond substituents is 1. The van der Waals surface area contributed by atoms with Crippen LogP contribution in [0.25, 0.3) is 21.8 Å². The lowest BCUT2D eigenvalue weighted by Crippen LogP contribution is -2.67. The molecular weight excluding hydrogens is 405 g/mol. The Balaban J connectivity index is 1.52. The third-order valence-electron chi connectivity index (χ3n) is 5.19. The number of hydrogen-bond acceptors (Lipinski definition) is 9. The fraction of sp³-hybridized carbons (Fsp3) is 0.450. The van der Waals surface area contributed by atoms with Crippen LogP contribution in [0, 0.1) is 0 Å². The zero-order chi connectivity index (χ0) is 21.5. The molecule has 1 aliphatic rings. The number of aromatic hydroxyl groups is 1. The molecule has 0 amide bonds. The van der Waals surface area contributed by atoms with Gasteiger partial charge in [0.1, 0.15) is 29.0 Å². The molecule has 2 atom stereocenters. The SMILES string of the molecule is CC1(C)C[C@H](Nc2ncc(-c3ccc(-c4ncns4)cc3O)nn2)[C@H](F)C(C)(C)N1. The number of halogens is 1. The Kier molecular flexibility index (Phi) is 5.15. The molecule has 0 aliphatic carbocycles. The summed E-state index contributed by atoms with van der Waals surface area (Å²) < 4.78 is 18.9. The zero-order valence-corrected chi connectivity index (χ0v) is 18.0. The van der Waals surface area contributed by atoms with Crippen LogP contribution >= 0.6 is 11.5 Å². The molecule has 10 heteroatoms. The second kappa shape index (κ2) is 7.51. The average Bonchev–Trinajstić information content (AvgIpc) is 3.20. The first-order chi connectivity index (χ1) is 14.1. The van der Waals surface area contributed by atoms with E-state index in [1.165, 1.54) is 24.1 Å². The number of nitrogens with one attached hydrogen (secondary N) is 2. The maximum atomic E-state index is 15.0. The van der Waals surface area contributed by atoms with Gasteiger partial charge >= 0.3 is 0 Å². The van der Waals surface area contributed by atoms with Crippen LogP contribution in [-0.4, -0.2) is 52.9 Å². The Bertz CT molecular complexity index is 1020. The summed E-state index contributed by atoms with van der Waals surface area (Å²) in [7, 11) is 0. The van der Waals surface area contributed by atoms with E-state index in [1.807, 2.05) is 33.8 Å². The Morgan fingerprint density at radius 2 is 2.00 bits per heavy atom. The van der Waals surface area contributed by atoms with Crippen molar-refractivity contribution in [1.29, 1.82) is 0 Å². The first kappa shape index (κ1) is 20.5. The van der Waals surface area contributed by atoms with Crippen molar-refractivity contribution in [3.8, 4) is 27.6 Å². The summed E-state index contributed by atoms with van der Waals surface area (Å²) in [6.07, 6.45) is 2.44. The minimum Gasteiger partial charge on any atom is -0.507 e. The molecule has 0 unspecified atom stereocenters. The lowest BCUT2D eigenvalue weighted by molar-refractivity contribution is 0.0654. The standard InChI is InChI=1S/C20H24FN7OS/c1-19(2)8-13(16(21)20(3,4)28-19)25-18-22-9-14(26-27-18)12-6-5-11(7-15(12)29)17-23-10-24-30-17/h5-7,9-10,13,16,28-29H,8H2,1-4H3,(H,22,25,27)/t13-,16-/m0/s1. The van der Waals surface area contributed by atoms with Crippen LogP contribution in [0.3, 0.4) is 0 Å². The van der Waals surface area contributed by atoms with Crippen molar-refractivity contribution in [3.05, 3.63) is 30.7 Å². The first-order valence-corrected chi connectivity index (χ1v) is 10.4. The number of anilines is 1. The maximum Gasteiger partial charge on any atom is 0.243 e. The van der Waals surface area contributed by atoms with Crippen LogP contribution < -0.4 is 10.6 Å². The summed E-state index contributed by atoms with van der Waals surface area (Å²) in [5.74, 6) is 0.301. The van der Waals surface area contributed by atoms with Crippen LogP contribution in [0.5, 0.6) is 5.75 Å². The molecule has 4 rings (SSSR count). The lowest BCUT2D eigenvalue weighted by atomic mass is 9.78. The van der Waals surface area contributed by atoms with Gasteiger partial charge in [-0.3, -0.25) is 0 Å². The van der Waals surface area contributed by atoms with E-state index in [1.54, 1.807) is 12.1 Å². The summed E-state index contributed by atoms with van der Waals surface area (Å²) in [4.78, 5) is 8.43. The van der Waals surface area contributed by atoms with Crippen LogP contribution in [-0.2, 0) is 0 Å². The number of phenols is 1.